The minimum absolute atomic E-state index is 0.171. The molecule has 1 amide bonds. The number of carbonyl (C=O) groups excluding carboxylic acids is 1. The summed E-state index contributed by atoms with van der Waals surface area (Å²) in [4.78, 5) is 12.0. The Balaban J connectivity index is 1.72. The van der Waals surface area contributed by atoms with Crippen molar-refractivity contribution in [3.05, 3.63) is 83.4 Å². The number of hydrogen-bond acceptors (Lipinski definition) is 1. The molecular weight excluding hydrogens is 294 g/mol. The van der Waals surface area contributed by atoms with E-state index in [4.69, 9.17) is 11.6 Å². The molecule has 0 saturated carbocycles. The third-order valence-corrected chi connectivity index (χ3v) is 3.53. The van der Waals surface area contributed by atoms with E-state index in [1.165, 1.54) is 6.08 Å². The normalized spacial score (nSPS) is 11.0. The quantitative estimate of drug-likeness (QED) is 0.666. The third kappa shape index (κ3) is 3.54. The molecule has 0 radical (unpaired) electrons. The fraction of sp³-hybridized carbons (Fsp3) is 0. The van der Waals surface area contributed by atoms with Crippen molar-refractivity contribution in [3.63, 3.8) is 0 Å². The Labute approximate surface area is 134 Å². The van der Waals surface area contributed by atoms with Gasteiger partial charge >= 0.3 is 0 Å². The van der Waals surface area contributed by atoms with E-state index in [0.29, 0.717) is 5.02 Å². The van der Waals surface area contributed by atoms with Crippen molar-refractivity contribution in [1.82, 2.24) is 0 Å². The Hall–Kier alpha value is -2.58. The van der Waals surface area contributed by atoms with Crippen LogP contribution in [-0.2, 0) is 4.79 Å². The molecule has 0 saturated heterocycles. The van der Waals surface area contributed by atoms with Crippen molar-refractivity contribution in [2.24, 2.45) is 0 Å². The smallest absolute Gasteiger partial charge is 0.248 e. The molecule has 3 aromatic carbocycles. The molecule has 0 bridgehead atoms. The van der Waals surface area contributed by atoms with Gasteiger partial charge in [0.25, 0.3) is 0 Å². The molecule has 0 heterocycles. The van der Waals surface area contributed by atoms with Crippen LogP contribution < -0.4 is 5.32 Å². The van der Waals surface area contributed by atoms with Gasteiger partial charge in [-0.15, -0.1) is 0 Å². The van der Waals surface area contributed by atoms with Crippen LogP contribution in [0.5, 0.6) is 0 Å². The highest BCUT2D eigenvalue weighted by molar-refractivity contribution is 6.30. The van der Waals surface area contributed by atoms with Gasteiger partial charge in [-0.1, -0.05) is 54.1 Å². The van der Waals surface area contributed by atoms with E-state index in [9.17, 15) is 4.79 Å². The van der Waals surface area contributed by atoms with E-state index in [-0.39, 0.29) is 5.91 Å². The first kappa shape index (κ1) is 14.4. The number of halogens is 1. The van der Waals surface area contributed by atoms with E-state index in [1.807, 2.05) is 54.6 Å². The third-order valence-electron chi connectivity index (χ3n) is 3.29. The predicted octanol–water partition coefficient (Wildman–Crippen LogP) is 5.15. The maximum atomic E-state index is 12.0. The van der Waals surface area contributed by atoms with E-state index in [0.717, 1.165) is 22.0 Å². The molecule has 0 spiro atoms. The van der Waals surface area contributed by atoms with Crippen molar-refractivity contribution in [2.75, 3.05) is 5.32 Å². The average molecular weight is 308 g/mol. The summed E-state index contributed by atoms with van der Waals surface area (Å²) in [5.41, 5.74) is 1.67. The average Bonchev–Trinajstić information content (AvgIpc) is 2.53. The lowest BCUT2D eigenvalue weighted by molar-refractivity contribution is -0.111. The lowest BCUT2D eigenvalue weighted by Crippen LogP contribution is -2.07. The molecule has 3 rings (SSSR count). The highest BCUT2D eigenvalue weighted by atomic mass is 35.5. The fourth-order valence-corrected chi connectivity index (χ4v) is 2.43. The van der Waals surface area contributed by atoms with Gasteiger partial charge < -0.3 is 5.32 Å². The van der Waals surface area contributed by atoms with Crippen molar-refractivity contribution >= 4 is 40.0 Å². The minimum atomic E-state index is -0.171. The molecule has 0 aromatic heterocycles. The van der Waals surface area contributed by atoms with Crippen LogP contribution in [0, 0.1) is 0 Å². The zero-order valence-electron chi connectivity index (χ0n) is 11.8. The molecule has 0 aliphatic rings. The van der Waals surface area contributed by atoms with Crippen LogP contribution in [0.3, 0.4) is 0 Å². The maximum absolute atomic E-state index is 12.0. The molecule has 108 valence electrons. The van der Waals surface area contributed by atoms with Crippen molar-refractivity contribution in [2.45, 2.75) is 0 Å². The zero-order chi connectivity index (χ0) is 15.4. The van der Waals surface area contributed by atoms with E-state index < -0.39 is 0 Å². The standard InChI is InChI=1S/C19H14ClNO/c20-17-7-3-4-14(12-17)8-11-19(22)21-18-10-9-15-5-1-2-6-16(15)13-18/h1-13H,(H,21,22). The Bertz CT molecular complexity index is 855. The van der Waals surface area contributed by atoms with Crippen LogP contribution in [0.1, 0.15) is 5.56 Å². The van der Waals surface area contributed by atoms with Crippen molar-refractivity contribution < 1.29 is 4.79 Å². The molecule has 1 N–H and O–H groups in total. The number of nitrogens with one attached hydrogen (secondary N) is 1. The highest BCUT2D eigenvalue weighted by Crippen LogP contribution is 2.19. The number of carbonyl (C=O) groups is 1. The second-order valence-corrected chi connectivity index (χ2v) is 5.38. The lowest BCUT2D eigenvalue weighted by Gasteiger charge is -2.04. The summed E-state index contributed by atoms with van der Waals surface area (Å²) < 4.78 is 0. The number of hydrogen-bond donors (Lipinski definition) is 1. The number of amides is 1. The predicted molar refractivity (Wildman–Crippen MR) is 93.1 cm³/mol. The van der Waals surface area contributed by atoms with Crippen LogP contribution in [0.15, 0.2) is 72.8 Å². The number of anilines is 1. The molecule has 0 fully saturated rings. The van der Waals surface area contributed by atoms with Gasteiger partial charge in [-0.25, -0.2) is 0 Å². The summed E-state index contributed by atoms with van der Waals surface area (Å²) in [6.07, 6.45) is 3.24. The Morgan fingerprint density at radius 2 is 1.73 bits per heavy atom. The first-order valence-corrected chi connectivity index (χ1v) is 7.32. The van der Waals surface area contributed by atoms with Gasteiger partial charge in [0.2, 0.25) is 5.91 Å². The Morgan fingerprint density at radius 1 is 0.909 bits per heavy atom. The Kier molecular flexibility index (Phi) is 4.22. The fourth-order valence-electron chi connectivity index (χ4n) is 2.23. The molecular formula is C19H14ClNO. The van der Waals surface area contributed by atoms with Gasteiger partial charge in [-0.05, 0) is 46.7 Å². The molecule has 3 aromatic rings. The van der Waals surface area contributed by atoms with Gasteiger partial charge in [0.05, 0.1) is 0 Å². The summed E-state index contributed by atoms with van der Waals surface area (Å²) >= 11 is 5.91. The van der Waals surface area contributed by atoms with Crippen LogP contribution in [0.25, 0.3) is 16.8 Å². The maximum Gasteiger partial charge on any atom is 0.248 e. The summed E-state index contributed by atoms with van der Waals surface area (Å²) in [5, 5.41) is 5.75. The van der Waals surface area contributed by atoms with Gasteiger partial charge in [-0.2, -0.15) is 0 Å². The van der Waals surface area contributed by atoms with Gasteiger partial charge in [0.15, 0.2) is 0 Å². The van der Waals surface area contributed by atoms with Crippen LogP contribution >= 0.6 is 11.6 Å². The van der Waals surface area contributed by atoms with E-state index in [2.05, 4.69) is 5.32 Å². The number of benzene rings is 3. The molecule has 0 aliphatic carbocycles. The molecule has 3 heteroatoms. The van der Waals surface area contributed by atoms with Gasteiger partial charge in [-0.3, -0.25) is 4.79 Å². The summed E-state index contributed by atoms with van der Waals surface area (Å²) in [7, 11) is 0. The minimum Gasteiger partial charge on any atom is -0.322 e. The second-order valence-electron chi connectivity index (χ2n) is 4.94. The van der Waals surface area contributed by atoms with Crippen molar-refractivity contribution in [1.29, 1.82) is 0 Å². The zero-order valence-corrected chi connectivity index (χ0v) is 12.5. The highest BCUT2D eigenvalue weighted by Gasteiger charge is 1.99. The summed E-state index contributed by atoms with van der Waals surface area (Å²) in [5.74, 6) is -0.171. The first-order valence-electron chi connectivity index (χ1n) is 6.94. The van der Waals surface area contributed by atoms with Crippen LogP contribution in [0.4, 0.5) is 5.69 Å². The molecule has 0 aliphatic heterocycles. The molecule has 22 heavy (non-hydrogen) atoms. The molecule has 2 nitrogen and oxygen atoms in total. The van der Waals surface area contributed by atoms with Gasteiger partial charge in [0, 0.05) is 16.8 Å². The molecule has 0 atom stereocenters. The Morgan fingerprint density at radius 3 is 2.55 bits per heavy atom. The lowest BCUT2D eigenvalue weighted by atomic mass is 10.1. The summed E-state index contributed by atoms with van der Waals surface area (Å²) in [6.45, 7) is 0. The van der Waals surface area contributed by atoms with Crippen LogP contribution in [0.2, 0.25) is 5.02 Å². The summed E-state index contributed by atoms with van der Waals surface area (Å²) in [6, 6.07) is 21.2. The van der Waals surface area contributed by atoms with Crippen LogP contribution in [-0.4, -0.2) is 5.91 Å². The largest absolute Gasteiger partial charge is 0.322 e. The molecule has 0 unspecified atom stereocenters. The topological polar surface area (TPSA) is 29.1 Å². The number of rotatable bonds is 3. The monoisotopic (exact) mass is 307 g/mol. The first-order chi connectivity index (χ1) is 10.7. The van der Waals surface area contributed by atoms with E-state index in [1.54, 1.807) is 18.2 Å². The van der Waals surface area contributed by atoms with Crippen molar-refractivity contribution in [3.8, 4) is 0 Å². The SMILES string of the molecule is O=C(C=Cc1cccc(Cl)c1)Nc1ccc2ccccc2c1. The number of fused-ring (bicyclic) bond motifs is 1. The second kappa shape index (κ2) is 6.46. The van der Waals surface area contributed by atoms with E-state index >= 15 is 0 Å². The van der Waals surface area contributed by atoms with Gasteiger partial charge in [0.1, 0.15) is 0 Å².